The van der Waals surface area contributed by atoms with Gasteiger partial charge in [0.05, 0.1) is 5.69 Å². The fourth-order valence-electron chi connectivity index (χ4n) is 4.00. The molecule has 27 heavy (non-hydrogen) atoms. The molecule has 2 amide bonds. The first-order chi connectivity index (χ1) is 13.0. The van der Waals surface area contributed by atoms with Gasteiger partial charge < -0.3 is 14.8 Å². The molecule has 1 saturated heterocycles. The minimum Gasteiger partial charge on any atom is -0.336 e. The molecule has 0 unspecified atom stereocenters. The second-order valence-corrected chi connectivity index (χ2v) is 7.61. The lowest BCUT2D eigenvalue weighted by atomic mass is 10.1. The van der Waals surface area contributed by atoms with E-state index < -0.39 is 0 Å². The summed E-state index contributed by atoms with van der Waals surface area (Å²) in [5.41, 5.74) is 4.19. The number of hydrogen-bond acceptors (Lipinski definition) is 3. The molecule has 6 heteroatoms. The third-order valence-corrected chi connectivity index (χ3v) is 5.56. The van der Waals surface area contributed by atoms with Gasteiger partial charge in [-0.2, -0.15) is 0 Å². The molecule has 1 N–H and O–H groups in total. The Morgan fingerprint density at radius 1 is 1.04 bits per heavy atom. The van der Waals surface area contributed by atoms with Crippen molar-refractivity contribution in [1.82, 2.24) is 14.5 Å². The highest BCUT2D eigenvalue weighted by molar-refractivity contribution is 6.05. The lowest BCUT2D eigenvalue weighted by Gasteiger charge is -2.19. The fraction of sp³-hybridized carbons (Fsp3) is 0.476. The number of carbonyl (C=O) groups is 2. The first kappa shape index (κ1) is 17.8. The van der Waals surface area contributed by atoms with Crippen LogP contribution in [0, 0.1) is 13.8 Å². The maximum atomic E-state index is 13.0. The van der Waals surface area contributed by atoms with Gasteiger partial charge in [-0.3, -0.25) is 9.59 Å². The maximum absolute atomic E-state index is 13.0. The fourth-order valence-corrected chi connectivity index (χ4v) is 4.00. The number of fused-ring (bicyclic) bond motifs is 1. The van der Waals surface area contributed by atoms with Gasteiger partial charge in [0.25, 0.3) is 11.8 Å². The smallest absolute Gasteiger partial charge is 0.289 e. The zero-order valence-electron chi connectivity index (χ0n) is 16.0. The summed E-state index contributed by atoms with van der Waals surface area (Å²) in [7, 11) is 0. The summed E-state index contributed by atoms with van der Waals surface area (Å²) in [6, 6.07) is 5.98. The minimum absolute atomic E-state index is 0.0403. The van der Waals surface area contributed by atoms with Crippen LogP contribution >= 0.6 is 0 Å². The van der Waals surface area contributed by atoms with Gasteiger partial charge in [-0.25, -0.2) is 4.98 Å². The average molecular weight is 366 g/mol. The van der Waals surface area contributed by atoms with Crippen LogP contribution in [-0.2, 0) is 13.0 Å². The summed E-state index contributed by atoms with van der Waals surface area (Å²) in [5.74, 6) is 0.161. The van der Waals surface area contributed by atoms with Crippen molar-refractivity contribution in [2.45, 2.75) is 52.5 Å². The van der Waals surface area contributed by atoms with E-state index in [0.29, 0.717) is 11.5 Å². The van der Waals surface area contributed by atoms with E-state index in [9.17, 15) is 9.59 Å². The van der Waals surface area contributed by atoms with Gasteiger partial charge >= 0.3 is 0 Å². The number of likely N-dealkylation sites (tertiary alicyclic amines) is 1. The lowest BCUT2D eigenvalue weighted by Crippen LogP contribution is -2.31. The van der Waals surface area contributed by atoms with Gasteiger partial charge in [-0.15, -0.1) is 0 Å². The van der Waals surface area contributed by atoms with Crippen molar-refractivity contribution in [1.29, 1.82) is 0 Å². The van der Waals surface area contributed by atoms with Crippen molar-refractivity contribution < 1.29 is 9.59 Å². The largest absolute Gasteiger partial charge is 0.336 e. The molecule has 3 heterocycles. The summed E-state index contributed by atoms with van der Waals surface area (Å²) in [5, 5.41) is 3.00. The molecule has 1 aromatic carbocycles. The van der Waals surface area contributed by atoms with E-state index in [1.54, 1.807) is 0 Å². The van der Waals surface area contributed by atoms with Crippen LogP contribution in [0.5, 0.6) is 0 Å². The van der Waals surface area contributed by atoms with Crippen LogP contribution in [0.1, 0.15) is 63.6 Å². The molecule has 0 atom stereocenters. The van der Waals surface area contributed by atoms with Gasteiger partial charge in [0.15, 0.2) is 11.5 Å². The van der Waals surface area contributed by atoms with Crippen LogP contribution in [0.3, 0.4) is 0 Å². The van der Waals surface area contributed by atoms with Crippen LogP contribution in [0.2, 0.25) is 0 Å². The Bertz CT molecular complexity index is 894. The van der Waals surface area contributed by atoms with Crippen molar-refractivity contribution in [3.8, 4) is 0 Å². The predicted molar refractivity (Wildman–Crippen MR) is 104 cm³/mol. The van der Waals surface area contributed by atoms with Crippen molar-refractivity contribution in [3.05, 3.63) is 46.5 Å². The van der Waals surface area contributed by atoms with Crippen molar-refractivity contribution in [2.24, 2.45) is 0 Å². The Morgan fingerprint density at radius 3 is 2.56 bits per heavy atom. The SMILES string of the molecule is Cc1ccc(C)c(NC(=O)c2nc(C(=O)N3CCCC3)n3c2CCCC3)c1. The summed E-state index contributed by atoms with van der Waals surface area (Å²) in [4.78, 5) is 32.3. The Kier molecular flexibility index (Phi) is 4.72. The Balaban J connectivity index is 1.67. The molecule has 142 valence electrons. The monoisotopic (exact) mass is 366 g/mol. The lowest BCUT2D eigenvalue weighted by molar-refractivity contribution is 0.0774. The Labute approximate surface area is 159 Å². The van der Waals surface area contributed by atoms with E-state index in [1.165, 1.54) is 0 Å². The van der Waals surface area contributed by atoms with Gasteiger partial charge in [0.1, 0.15) is 0 Å². The molecule has 2 aliphatic heterocycles. The van der Waals surface area contributed by atoms with E-state index in [0.717, 1.165) is 74.2 Å². The third kappa shape index (κ3) is 3.36. The normalized spacial score (nSPS) is 16.3. The van der Waals surface area contributed by atoms with Crippen LogP contribution in [0.15, 0.2) is 18.2 Å². The molecular weight excluding hydrogens is 340 g/mol. The summed E-state index contributed by atoms with van der Waals surface area (Å²) >= 11 is 0. The third-order valence-electron chi connectivity index (χ3n) is 5.56. The molecule has 0 bridgehead atoms. The molecule has 6 nitrogen and oxygen atoms in total. The van der Waals surface area contributed by atoms with Gasteiger partial charge in [0.2, 0.25) is 0 Å². The molecule has 0 saturated carbocycles. The second kappa shape index (κ2) is 7.18. The predicted octanol–water partition coefficient (Wildman–Crippen LogP) is 3.32. The zero-order chi connectivity index (χ0) is 19.0. The summed E-state index contributed by atoms with van der Waals surface area (Å²) in [6.45, 7) is 6.30. The number of rotatable bonds is 3. The van der Waals surface area contributed by atoms with Crippen LogP contribution in [0.4, 0.5) is 5.69 Å². The van der Waals surface area contributed by atoms with Crippen molar-refractivity contribution >= 4 is 17.5 Å². The number of aryl methyl sites for hydroxylation is 2. The number of carbonyl (C=O) groups excluding carboxylic acids is 2. The highest BCUT2D eigenvalue weighted by atomic mass is 16.2. The first-order valence-electron chi connectivity index (χ1n) is 9.82. The van der Waals surface area contributed by atoms with Gasteiger partial charge in [-0.1, -0.05) is 12.1 Å². The summed E-state index contributed by atoms with van der Waals surface area (Å²) in [6.07, 6.45) is 4.91. The number of benzene rings is 1. The number of imidazole rings is 1. The van der Waals surface area contributed by atoms with E-state index in [1.807, 2.05) is 41.5 Å². The van der Waals surface area contributed by atoms with Crippen molar-refractivity contribution in [3.63, 3.8) is 0 Å². The molecule has 2 aromatic rings. The minimum atomic E-state index is -0.227. The van der Waals surface area contributed by atoms with E-state index in [-0.39, 0.29) is 11.8 Å². The molecule has 1 fully saturated rings. The number of nitrogens with one attached hydrogen (secondary N) is 1. The number of hydrogen-bond donors (Lipinski definition) is 1. The Hall–Kier alpha value is -2.63. The molecule has 0 aliphatic carbocycles. The first-order valence-corrected chi connectivity index (χ1v) is 9.82. The highest BCUT2D eigenvalue weighted by Crippen LogP contribution is 2.25. The topological polar surface area (TPSA) is 67.2 Å². The van der Waals surface area contributed by atoms with E-state index in [4.69, 9.17) is 0 Å². The molecule has 0 spiro atoms. The Morgan fingerprint density at radius 2 is 1.78 bits per heavy atom. The quantitative estimate of drug-likeness (QED) is 0.906. The maximum Gasteiger partial charge on any atom is 0.289 e. The highest BCUT2D eigenvalue weighted by Gasteiger charge is 2.30. The molecular formula is C21H26N4O2. The van der Waals surface area contributed by atoms with Crippen LogP contribution in [0.25, 0.3) is 0 Å². The standard InChI is InChI=1S/C21H26N4O2/c1-14-8-9-15(2)16(13-14)22-20(26)18-17-7-3-4-12-25(17)19(23-18)21(27)24-10-5-6-11-24/h8-9,13H,3-7,10-12H2,1-2H3,(H,22,26). The number of aromatic nitrogens is 2. The number of nitrogens with zero attached hydrogens (tertiary/aromatic N) is 3. The van der Waals surface area contributed by atoms with Gasteiger partial charge in [0, 0.05) is 25.3 Å². The summed E-state index contributed by atoms with van der Waals surface area (Å²) < 4.78 is 1.97. The van der Waals surface area contributed by atoms with Crippen LogP contribution in [-0.4, -0.2) is 39.4 Å². The van der Waals surface area contributed by atoms with Crippen molar-refractivity contribution in [2.75, 3.05) is 18.4 Å². The molecule has 4 rings (SSSR count). The zero-order valence-corrected chi connectivity index (χ0v) is 16.0. The molecule has 0 radical (unpaired) electrons. The van der Waals surface area contributed by atoms with E-state index >= 15 is 0 Å². The second-order valence-electron chi connectivity index (χ2n) is 7.61. The van der Waals surface area contributed by atoms with E-state index in [2.05, 4.69) is 10.3 Å². The number of amides is 2. The number of anilines is 1. The molecule has 1 aromatic heterocycles. The average Bonchev–Trinajstić information content (AvgIpc) is 3.32. The van der Waals surface area contributed by atoms with Crippen LogP contribution < -0.4 is 5.32 Å². The van der Waals surface area contributed by atoms with Gasteiger partial charge in [-0.05, 0) is 63.1 Å². The molecule has 2 aliphatic rings.